The van der Waals surface area contributed by atoms with Crippen molar-refractivity contribution in [3.8, 4) is 5.69 Å². The molecular formula is C26H30N4S2+2. The average Bonchev–Trinajstić information content (AvgIpc) is 3.10. The average molecular weight is 463 g/mol. The van der Waals surface area contributed by atoms with E-state index in [0.29, 0.717) is 0 Å². The van der Waals surface area contributed by atoms with Gasteiger partial charge < -0.3 is 4.90 Å². The lowest BCUT2D eigenvalue weighted by Crippen LogP contribution is -2.45. The van der Waals surface area contributed by atoms with Gasteiger partial charge in [0.15, 0.2) is 5.69 Å². The molecule has 4 nitrogen and oxygen atoms in total. The van der Waals surface area contributed by atoms with Gasteiger partial charge in [-0.2, -0.15) is 4.57 Å². The minimum Gasteiger partial charge on any atom is -0.338 e. The quantitative estimate of drug-likeness (QED) is 0.210. The molecule has 164 valence electrons. The molecule has 2 aliphatic heterocycles. The molecule has 32 heavy (non-hydrogen) atoms. The molecule has 3 heterocycles. The fourth-order valence-electron chi connectivity index (χ4n) is 4.49. The molecule has 0 saturated carbocycles. The first kappa shape index (κ1) is 21.6. The molecule has 1 saturated heterocycles. The summed E-state index contributed by atoms with van der Waals surface area (Å²) in [5.41, 5.74) is 4.65. The maximum atomic E-state index is 5.20. The Hall–Kier alpha value is -2.28. The second-order valence-electron chi connectivity index (χ2n) is 8.78. The molecular weight excluding hydrogens is 432 g/mol. The van der Waals surface area contributed by atoms with Crippen LogP contribution in [0.5, 0.6) is 0 Å². The standard InChI is InChI=1S/C26H30N4S2/c1-20-18-21(19-25-28(2)23-14-8-9-15-24(23)31-25)27-26(29(20)22-12-6-4-7-13-22)32-30(3)16-10-5-11-17-30/h4,6-9,12-15,18-19H,5,10-11,16-17H2,1-3H3/q+2. The third-order valence-corrected chi connectivity index (χ3v) is 8.66. The highest BCUT2D eigenvalue weighted by molar-refractivity contribution is 8.03. The fraction of sp³-hybridized carbons (Fsp3) is 0.308. The summed E-state index contributed by atoms with van der Waals surface area (Å²) < 4.78 is 3.30. The number of thioether (sulfide) groups is 1. The van der Waals surface area contributed by atoms with Crippen molar-refractivity contribution in [1.82, 2.24) is 4.98 Å². The van der Waals surface area contributed by atoms with Crippen molar-refractivity contribution in [3.63, 3.8) is 0 Å². The third kappa shape index (κ3) is 4.32. The van der Waals surface area contributed by atoms with E-state index in [9.17, 15) is 0 Å². The Balaban J connectivity index is 1.56. The molecule has 3 aromatic rings. The summed E-state index contributed by atoms with van der Waals surface area (Å²) in [5, 5.41) is 2.28. The van der Waals surface area contributed by atoms with E-state index in [4.69, 9.17) is 4.98 Å². The number of quaternary nitrogens is 1. The number of aryl methyl sites for hydroxylation is 1. The number of anilines is 1. The van der Waals surface area contributed by atoms with Gasteiger partial charge in [0.1, 0.15) is 11.4 Å². The fourth-order valence-corrected chi connectivity index (χ4v) is 6.90. The summed E-state index contributed by atoms with van der Waals surface area (Å²) in [6.07, 6.45) is 6.15. The van der Waals surface area contributed by atoms with Gasteiger partial charge in [0.25, 0.3) is 0 Å². The first-order chi connectivity index (χ1) is 15.5. The van der Waals surface area contributed by atoms with Crippen molar-refractivity contribution in [2.45, 2.75) is 36.2 Å². The van der Waals surface area contributed by atoms with E-state index in [1.807, 2.05) is 23.7 Å². The Bertz CT molecular complexity index is 1150. The monoisotopic (exact) mass is 462 g/mol. The molecule has 0 atom stereocenters. The molecule has 0 unspecified atom stereocenters. The van der Waals surface area contributed by atoms with Gasteiger partial charge in [-0.15, -0.1) is 0 Å². The van der Waals surface area contributed by atoms with E-state index in [2.05, 4.69) is 97.2 Å². The van der Waals surface area contributed by atoms with Crippen LogP contribution in [0.15, 0.2) is 75.7 Å². The highest BCUT2D eigenvalue weighted by Gasteiger charge is 2.35. The van der Waals surface area contributed by atoms with Gasteiger partial charge in [-0.05, 0) is 55.4 Å². The zero-order valence-corrected chi connectivity index (χ0v) is 20.6. The molecule has 0 aliphatic carbocycles. The molecule has 1 fully saturated rings. The minimum absolute atomic E-state index is 0.986. The number of hydrogen-bond acceptors (Lipinski definition) is 4. The summed E-state index contributed by atoms with van der Waals surface area (Å²) in [7, 11) is 4.50. The number of likely N-dealkylation sites (tertiary alicyclic amines) is 1. The van der Waals surface area contributed by atoms with E-state index in [1.54, 1.807) is 0 Å². The molecule has 2 aromatic carbocycles. The molecule has 1 aromatic heterocycles. The van der Waals surface area contributed by atoms with Crippen molar-refractivity contribution in [2.75, 3.05) is 32.1 Å². The summed E-state index contributed by atoms with van der Waals surface area (Å²) in [6, 6.07) is 21.4. The highest BCUT2D eigenvalue weighted by atomic mass is 32.2. The normalized spacial score (nSPS) is 18.7. The van der Waals surface area contributed by atoms with E-state index in [0.717, 1.165) is 14.7 Å². The smallest absolute Gasteiger partial charge is 0.338 e. The number of piperidine rings is 1. The van der Waals surface area contributed by atoms with Crippen LogP contribution >= 0.6 is 23.7 Å². The van der Waals surface area contributed by atoms with E-state index in [1.165, 1.54) is 59.3 Å². The van der Waals surface area contributed by atoms with Crippen LogP contribution in [0.1, 0.15) is 30.7 Å². The summed E-state index contributed by atoms with van der Waals surface area (Å²) in [4.78, 5) is 8.77. The van der Waals surface area contributed by atoms with Crippen molar-refractivity contribution >= 4 is 35.5 Å². The number of aromatic nitrogens is 2. The largest absolute Gasteiger partial charge is 0.422 e. The van der Waals surface area contributed by atoms with Gasteiger partial charge in [-0.25, -0.2) is 0 Å². The van der Waals surface area contributed by atoms with Crippen LogP contribution in [0, 0.1) is 6.92 Å². The SMILES string of the molecule is Cc1cc(/C=C2\Sc3ccccc3N2C)nc(S[N+]2(C)CCCCC2)[n+]1-c1ccccc1. The van der Waals surface area contributed by atoms with Crippen molar-refractivity contribution in [1.29, 1.82) is 0 Å². The van der Waals surface area contributed by atoms with Crippen molar-refractivity contribution in [3.05, 3.63) is 77.1 Å². The van der Waals surface area contributed by atoms with Gasteiger partial charge in [0.05, 0.1) is 30.9 Å². The van der Waals surface area contributed by atoms with Gasteiger partial charge >= 0.3 is 5.16 Å². The maximum Gasteiger partial charge on any atom is 0.422 e. The number of benzene rings is 2. The summed E-state index contributed by atoms with van der Waals surface area (Å²) in [6.45, 7) is 4.58. The van der Waals surface area contributed by atoms with Crippen LogP contribution in [-0.2, 0) is 0 Å². The number of rotatable bonds is 4. The Labute approximate surface area is 199 Å². The van der Waals surface area contributed by atoms with Gasteiger partial charge in [0.2, 0.25) is 11.9 Å². The first-order valence-electron chi connectivity index (χ1n) is 11.3. The molecule has 0 amide bonds. The Morgan fingerprint density at radius 2 is 1.75 bits per heavy atom. The number of para-hydroxylation sites is 2. The highest BCUT2D eigenvalue weighted by Crippen LogP contribution is 2.45. The van der Waals surface area contributed by atoms with Gasteiger partial charge in [-0.1, -0.05) is 42.1 Å². The predicted molar refractivity (Wildman–Crippen MR) is 135 cm³/mol. The molecule has 0 spiro atoms. The topological polar surface area (TPSA) is 20.0 Å². The molecule has 2 aliphatic rings. The van der Waals surface area contributed by atoms with Crippen LogP contribution in [0.2, 0.25) is 0 Å². The lowest BCUT2D eigenvalue weighted by atomic mass is 10.1. The van der Waals surface area contributed by atoms with Crippen molar-refractivity contribution < 1.29 is 8.46 Å². The second-order valence-corrected chi connectivity index (χ2v) is 11.3. The number of hydrogen-bond donors (Lipinski definition) is 0. The van der Waals surface area contributed by atoms with E-state index in [-0.39, 0.29) is 0 Å². The Kier molecular flexibility index (Phi) is 6.01. The zero-order chi connectivity index (χ0) is 22.1. The summed E-state index contributed by atoms with van der Waals surface area (Å²) >= 11 is 3.72. The van der Waals surface area contributed by atoms with Crippen LogP contribution in [-0.4, -0.2) is 36.1 Å². The lowest BCUT2D eigenvalue weighted by Gasteiger charge is -2.33. The summed E-state index contributed by atoms with van der Waals surface area (Å²) in [5.74, 6) is 0. The molecule has 0 bridgehead atoms. The lowest BCUT2D eigenvalue weighted by molar-refractivity contribution is -0.784. The van der Waals surface area contributed by atoms with Crippen molar-refractivity contribution in [2.24, 2.45) is 0 Å². The van der Waals surface area contributed by atoms with Crippen LogP contribution in [0.4, 0.5) is 5.69 Å². The third-order valence-electron chi connectivity index (χ3n) is 6.25. The van der Waals surface area contributed by atoms with E-state index < -0.39 is 0 Å². The first-order valence-corrected chi connectivity index (χ1v) is 12.9. The Morgan fingerprint density at radius 1 is 1.03 bits per heavy atom. The molecule has 6 heteroatoms. The molecule has 0 radical (unpaired) electrons. The van der Waals surface area contributed by atoms with Crippen LogP contribution in [0.25, 0.3) is 11.8 Å². The zero-order valence-electron chi connectivity index (χ0n) is 19.0. The van der Waals surface area contributed by atoms with E-state index >= 15 is 0 Å². The van der Waals surface area contributed by atoms with Crippen LogP contribution < -0.4 is 9.47 Å². The minimum atomic E-state index is 0.986. The van der Waals surface area contributed by atoms with Gasteiger partial charge in [-0.3, -0.25) is 3.89 Å². The molecule has 5 rings (SSSR count). The molecule has 0 N–H and O–H groups in total. The number of nitrogens with zero attached hydrogens (tertiary/aromatic N) is 4. The second kappa shape index (κ2) is 8.93. The van der Waals surface area contributed by atoms with Gasteiger partial charge in [0, 0.05) is 24.1 Å². The number of fused-ring (bicyclic) bond motifs is 1. The van der Waals surface area contributed by atoms with Crippen LogP contribution in [0.3, 0.4) is 0 Å². The predicted octanol–water partition coefficient (Wildman–Crippen LogP) is 5.84. The Morgan fingerprint density at radius 3 is 2.50 bits per heavy atom. The maximum absolute atomic E-state index is 5.20.